The van der Waals surface area contributed by atoms with Gasteiger partial charge >= 0.3 is 5.97 Å². The van der Waals surface area contributed by atoms with Crippen LogP contribution in [0, 0.1) is 23.7 Å². The first-order valence-corrected chi connectivity index (χ1v) is 10.5. The van der Waals surface area contributed by atoms with Gasteiger partial charge in [-0.2, -0.15) is 0 Å². The van der Waals surface area contributed by atoms with Crippen LogP contribution in [0.4, 0.5) is 5.00 Å². The normalized spacial score (nSPS) is 30.2. The lowest BCUT2D eigenvalue weighted by Crippen LogP contribution is -2.27. The maximum absolute atomic E-state index is 12.9. The summed E-state index contributed by atoms with van der Waals surface area (Å²) >= 11 is 1.59. The molecule has 0 aliphatic heterocycles. The van der Waals surface area contributed by atoms with Crippen LogP contribution < -0.4 is 5.32 Å². The van der Waals surface area contributed by atoms with Crippen molar-refractivity contribution in [2.75, 3.05) is 11.9 Å². The number of ether oxygens (including phenoxy) is 1. The van der Waals surface area contributed by atoms with Crippen LogP contribution in [0.5, 0.6) is 0 Å². The third-order valence-electron chi connectivity index (χ3n) is 6.30. The van der Waals surface area contributed by atoms with Gasteiger partial charge in [0.15, 0.2) is 0 Å². The van der Waals surface area contributed by atoms with Crippen molar-refractivity contribution >= 4 is 28.2 Å². The topological polar surface area (TPSA) is 55.4 Å². The highest BCUT2D eigenvalue weighted by Gasteiger charge is 2.43. The predicted octanol–water partition coefficient (Wildman–Crippen LogP) is 4.42. The molecule has 136 valence electrons. The van der Waals surface area contributed by atoms with Crippen LogP contribution in [0.15, 0.2) is 0 Å². The number of thiophene rings is 1. The first-order chi connectivity index (χ1) is 12.1. The van der Waals surface area contributed by atoms with Crippen LogP contribution in [-0.4, -0.2) is 18.5 Å². The predicted molar refractivity (Wildman–Crippen MR) is 99.0 cm³/mol. The van der Waals surface area contributed by atoms with Crippen molar-refractivity contribution in [2.24, 2.45) is 23.7 Å². The number of esters is 1. The fraction of sp³-hybridized carbons (Fsp3) is 0.700. The van der Waals surface area contributed by atoms with E-state index in [9.17, 15) is 9.59 Å². The molecule has 0 radical (unpaired) electrons. The quantitative estimate of drug-likeness (QED) is 0.808. The Balaban J connectivity index is 1.59. The molecular formula is C20H27NO3S. The molecule has 1 aromatic heterocycles. The van der Waals surface area contributed by atoms with Crippen LogP contribution in [0.25, 0.3) is 0 Å². The Bertz CT molecular complexity index is 695. The second-order valence-electron chi connectivity index (χ2n) is 8.05. The second kappa shape index (κ2) is 6.75. The maximum atomic E-state index is 12.9. The molecule has 0 aromatic carbocycles. The van der Waals surface area contributed by atoms with Crippen LogP contribution in [0.3, 0.4) is 0 Å². The van der Waals surface area contributed by atoms with E-state index in [1.54, 1.807) is 11.3 Å². The Morgan fingerprint density at radius 1 is 1.24 bits per heavy atom. The lowest BCUT2D eigenvalue weighted by Gasteiger charge is -2.20. The first-order valence-electron chi connectivity index (χ1n) is 9.69. The SMILES string of the molecule is CCOC(=O)c1c(NC(=O)[C@H]2C[C@@H]3CC[C@@H]2C3)sc2c1CC[C@@H](C)C2. The number of carbonyl (C=O) groups is 2. The molecule has 25 heavy (non-hydrogen) atoms. The van der Waals surface area contributed by atoms with Crippen LogP contribution in [0.1, 0.15) is 66.8 Å². The second-order valence-corrected chi connectivity index (χ2v) is 9.15. The standard InChI is InChI=1S/C20H27NO3S/c1-3-24-20(23)17-14-7-4-11(2)8-16(14)25-19(17)21-18(22)15-10-12-5-6-13(15)9-12/h11-13,15H,3-10H2,1-2H3,(H,21,22)/t11-,12-,13-,15+/m1/s1. The van der Waals surface area contributed by atoms with Gasteiger partial charge in [0, 0.05) is 10.8 Å². The Labute approximate surface area is 153 Å². The van der Waals surface area contributed by atoms with Gasteiger partial charge < -0.3 is 10.1 Å². The van der Waals surface area contributed by atoms with Crippen molar-refractivity contribution in [1.82, 2.24) is 0 Å². The fourth-order valence-corrected chi connectivity index (χ4v) is 6.43. The van der Waals surface area contributed by atoms with E-state index >= 15 is 0 Å². The Morgan fingerprint density at radius 3 is 2.76 bits per heavy atom. The average molecular weight is 362 g/mol. The third-order valence-corrected chi connectivity index (χ3v) is 7.47. The summed E-state index contributed by atoms with van der Waals surface area (Å²) < 4.78 is 5.29. The van der Waals surface area contributed by atoms with E-state index in [0.717, 1.165) is 42.2 Å². The number of anilines is 1. The monoisotopic (exact) mass is 361 g/mol. The molecule has 1 amide bonds. The summed E-state index contributed by atoms with van der Waals surface area (Å²) in [5.74, 6) is 1.89. The molecule has 0 unspecified atom stereocenters. The Kier molecular flexibility index (Phi) is 4.61. The zero-order valence-electron chi connectivity index (χ0n) is 15.1. The molecule has 0 saturated heterocycles. The zero-order chi connectivity index (χ0) is 17.6. The van der Waals surface area contributed by atoms with E-state index in [0.29, 0.717) is 24.0 Å². The number of fused-ring (bicyclic) bond motifs is 3. The summed E-state index contributed by atoms with van der Waals surface area (Å²) in [5, 5.41) is 3.85. The molecule has 4 nitrogen and oxygen atoms in total. The Hall–Kier alpha value is -1.36. The number of amides is 1. The summed E-state index contributed by atoms with van der Waals surface area (Å²) in [6.07, 6.45) is 7.70. The highest BCUT2D eigenvalue weighted by Crippen LogP contribution is 2.49. The molecule has 1 N–H and O–H groups in total. The van der Waals surface area contributed by atoms with Gasteiger partial charge in [0.1, 0.15) is 5.00 Å². The smallest absolute Gasteiger partial charge is 0.341 e. The largest absolute Gasteiger partial charge is 0.462 e. The highest BCUT2D eigenvalue weighted by atomic mass is 32.1. The van der Waals surface area contributed by atoms with Crippen LogP contribution in [0.2, 0.25) is 0 Å². The molecule has 1 heterocycles. The number of hydrogen-bond acceptors (Lipinski definition) is 4. The minimum Gasteiger partial charge on any atom is -0.462 e. The number of hydrogen-bond donors (Lipinski definition) is 1. The van der Waals surface area contributed by atoms with Gasteiger partial charge in [0.05, 0.1) is 12.2 Å². The summed E-state index contributed by atoms with van der Waals surface area (Å²) in [4.78, 5) is 26.7. The lowest BCUT2D eigenvalue weighted by molar-refractivity contribution is -0.121. The third kappa shape index (κ3) is 3.12. The molecule has 2 bridgehead atoms. The lowest BCUT2D eigenvalue weighted by atomic mass is 9.87. The van der Waals surface area contributed by atoms with E-state index < -0.39 is 0 Å². The average Bonchev–Trinajstić information content (AvgIpc) is 3.27. The van der Waals surface area contributed by atoms with Crippen LogP contribution in [-0.2, 0) is 22.4 Å². The van der Waals surface area contributed by atoms with Crippen molar-refractivity contribution in [1.29, 1.82) is 0 Å². The summed E-state index contributed by atoms with van der Waals surface area (Å²) in [6, 6.07) is 0. The van der Waals surface area contributed by atoms with Crippen molar-refractivity contribution in [3.63, 3.8) is 0 Å². The molecule has 2 fully saturated rings. The van der Waals surface area contributed by atoms with E-state index in [-0.39, 0.29) is 17.8 Å². The van der Waals surface area contributed by atoms with Gasteiger partial charge in [-0.1, -0.05) is 13.3 Å². The molecule has 4 atom stereocenters. The van der Waals surface area contributed by atoms with E-state index in [4.69, 9.17) is 4.74 Å². The maximum Gasteiger partial charge on any atom is 0.341 e. The minimum atomic E-state index is -0.280. The van der Waals surface area contributed by atoms with E-state index in [2.05, 4.69) is 12.2 Å². The molecule has 3 aliphatic carbocycles. The summed E-state index contributed by atoms with van der Waals surface area (Å²) in [7, 11) is 0. The fourth-order valence-electron chi connectivity index (χ4n) is 5.03. The number of rotatable bonds is 4. The molecule has 1 aromatic rings. The van der Waals surface area contributed by atoms with Gasteiger partial charge in [0.2, 0.25) is 5.91 Å². The molecule has 3 aliphatic rings. The van der Waals surface area contributed by atoms with Gasteiger partial charge in [-0.05, 0) is 68.8 Å². The van der Waals surface area contributed by atoms with E-state index in [1.807, 2.05) is 6.92 Å². The van der Waals surface area contributed by atoms with Crippen LogP contribution >= 0.6 is 11.3 Å². The minimum absolute atomic E-state index is 0.115. The van der Waals surface area contributed by atoms with Gasteiger partial charge in [-0.15, -0.1) is 11.3 Å². The van der Waals surface area contributed by atoms with E-state index in [1.165, 1.54) is 24.1 Å². The van der Waals surface area contributed by atoms with Crippen molar-refractivity contribution < 1.29 is 14.3 Å². The van der Waals surface area contributed by atoms with Crippen molar-refractivity contribution in [3.05, 3.63) is 16.0 Å². The molecule has 4 rings (SSSR count). The molecule has 2 saturated carbocycles. The summed E-state index contributed by atoms with van der Waals surface area (Å²) in [6.45, 7) is 4.44. The van der Waals surface area contributed by atoms with Crippen molar-refractivity contribution in [2.45, 2.75) is 58.8 Å². The Morgan fingerprint density at radius 2 is 2.08 bits per heavy atom. The van der Waals surface area contributed by atoms with Gasteiger partial charge in [0.25, 0.3) is 0 Å². The molecule has 5 heteroatoms. The van der Waals surface area contributed by atoms with Gasteiger partial charge in [-0.3, -0.25) is 4.79 Å². The number of carbonyl (C=O) groups excluding carboxylic acids is 2. The van der Waals surface area contributed by atoms with Crippen molar-refractivity contribution in [3.8, 4) is 0 Å². The summed E-state index contributed by atoms with van der Waals surface area (Å²) in [5.41, 5.74) is 1.75. The van der Waals surface area contributed by atoms with Gasteiger partial charge in [-0.25, -0.2) is 4.79 Å². The first kappa shape index (κ1) is 17.1. The highest BCUT2D eigenvalue weighted by molar-refractivity contribution is 7.17. The molecule has 0 spiro atoms. The number of nitrogens with one attached hydrogen (secondary N) is 1. The molecular weight excluding hydrogens is 334 g/mol. The zero-order valence-corrected chi connectivity index (χ0v) is 15.9.